The van der Waals surface area contributed by atoms with E-state index < -0.39 is 17.7 Å². The van der Waals surface area contributed by atoms with Crippen LogP contribution >= 0.6 is 0 Å². The molecule has 32 heavy (non-hydrogen) atoms. The van der Waals surface area contributed by atoms with Gasteiger partial charge in [0, 0.05) is 35.3 Å². The minimum absolute atomic E-state index is 0.161. The number of pyridine rings is 1. The van der Waals surface area contributed by atoms with Gasteiger partial charge in [-0.2, -0.15) is 0 Å². The van der Waals surface area contributed by atoms with Crippen molar-refractivity contribution < 1.29 is 14.3 Å². The first kappa shape index (κ1) is 23.3. The fourth-order valence-corrected chi connectivity index (χ4v) is 3.45. The second-order valence-electron chi connectivity index (χ2n) is 8.89. The molecular formula is C24H31N5O3. The number of amides is 2. The standard InChI is InChI=1S/C24H31N5O3/c1-14(18-13-26-19-9-7-6-8-17(18)19)21(25)22(30)27-12-16-10-11-20(28-15(16)2)29-23(31)32-24(3,4)5/h6-11,13-14,21,26H,12,25H2,1-5H3,(H,27,30)(H,28,29,31)/t14-,21+/m0/s1. The SMILES string of the molecule is Cc1nc(NC(=O)OC(C)(C)C)ccc1CNC(=O)[C@H](N)[C@@H](C)c1c[nH]c2ccccc12. The van der Waals surface area contributed by atoms with Gasteiger partial charge >= 0.3 is 6.09 Å². The largest absolute Gasteiger partial charge is 0.444 e. The summed E-state index contributed by atoms with van der Waals surface area (Å²) in [5.41, 5.74) is 9.24. The molecule has 2 aromatic heterocycles. The quantitative estimate of drug-likeness (QED) is 0.465. The van der Waals surface area contributed by atoms with Crippen LogP contribution in [0.4, 0.5) is 10.6 Å². The van der Waals surface area contributed by atoms with Crippen LogP contribution in [0.15, 0.2) is 42.6 Å². The van der Waals surface area contributed by atoms with Crippen LogP contribution in [-0.2, 0) is 16.1 Å². The third-order valence-corrected chi connectivity index (χ3v) is 5.23. The summed E-state index contributed by atoms with van der Waals surface area (Å²) in [5, 5.41) is 6.57. The number of rotatable bonds is 6. The Bertz CT molecular complexity index is 1120. The number of aromatic nitrogens is 2. The highest BCUT2D eigenvalue weighted by Crippen LogP contribution is 2.27. The zero-order chi connectivity index (χ0) is 23.5. The molecule has 2 amide bonds. The minimum Gasteiger partial charge on any atom is -0.444 e. The smallest absolute Gasteiger partial charge is 0.413 e. The van der Waals surface area contributed by atoms with Crippen molar-refractivity contribution >= 4 is 28.7 Å². The molecule has 0 aliphatic carbocycles. The van der Waals surface area contributed by atoms with Crippen LogP contribution in [0, 0.1) is 6.92 Å². The van der Waals surface area contributed by atoms with Gasteiger partial charge in [-0.3, -0.25) is 10.1 Å². The number of hydrogen-bond donors (Lipinski definition) is 4. The van der Waals surface area contributed by atoms with E-state index in [1.807, 2.05) is 50.4 Å². The second-order valence-corrected chi connectivity index (χ2v) is 8.89. The van der Waals surface area contributed by atoms with Crippen molar-refractivity contribution in [3.63, 3.8) is 0 Å². The molecule has 3 rings (SSSR count). The van der Waals surface area contributed by atoms with Gasteiger partial charge in [0.05, 0.1) is 6.04 Å². The Labute approximate surface area is 187 Å². The number of benzene rings is 1. The highest BCUT2D eigenvalue weighted by atomic mass is 16.6. The van der Waals surface area contributed by atoms with E-state index >= 15 is 0 Å². The van der Waals surface area contributed by atoms with Crippen LogP contribution in [-0.4, -0.2) is 33.6 Å². The number of H-pyrrole nitrogens is 1. The van der Waals surface area contributed by atoms with Gasteiger partial charge in [0.1, 0.15) is 11.4 Å². The van der Waals surface area contributed by atoms with Gasteiger partial charge in [-0.1, -0.05) is 31.2 Å². The number of aryl methyl sites for hydroxylation is 1. The Morgan fingerprint density at radius 2 is 1.91 bits per heavy atom. The first-order valence-electron chi connectivity index (χ1n) is 10.6. The Morgan fingerprint density at radius 1 is 1.19 bits per heavy atom. The lowest BCUT2D eigenvalue weighted by Gasteiger charge is -2.20. The number of nitrogens with zero attached hydrogens (tertiary/aromatic N) is 1. The molecule has 0 spiro atoms. The molecule has 170 valence electrons. The van der Waals surface area contributed by atoms with Crippen LogP contribution in [0.2, 0.25) is 0 Å². The van der Waals surface area contributed by atoms with E-state index in [2.05, 4.69) is 20.6 Å². The average Bonchev–Trinajstić information content (AvgIpc) is 3.14. The number of fused-ring (bicyclic) bond motifs is 1. The van der Waals surface area contributed by atoms with Crippen molar-refractivity contribution in [1.29, 1.82) is 0 Å². The fraction of sp³-hybridized carbons (Fsp3) is 0.375. The van der Waals surface area contributed by atoms with E-state index in [0.717, 1.165) is 22.0 Å². The Morgan fingerprint density at radius 3 is 2.59 bits per heavy atom. The number of nitrogens with one attached hydrogen (secondary N) is 3. The number of carbonyl (C=O) groups excluding carboxylic acids is 2. The molecule has 5 N–H and O–H groups in total. The van der Waals surface area contributed by atoms with Gasteiger partial charge in [0.2, 0.25) is 5.91 Å². The number of nitrogens with two attached hydrogens (primary N) is 1. The van der Waals surface area contributed by atoms with Crippen LogP contribution in [0.3, 0.4) is 0 Å². The third-order valence-electron chi connectivity index (χ3n) is 5.23. The summed E-state index contributed by atoms with van der Waals surface area (Å²) in [4.78, 5) is 32.2. The average molecular weight is 438 g/mol. The summed E-state index contributed by atoms with van der Waals surface area (Å²) in [6.45, 7) is 9.43. The molecule has 0 fully saturated rings. The predicted molar refractivity (Wildman–Crippen MR) is 125 cm³/mol. The first-order chi connectivity index (χ1) is 15.0. The van der Waals surface area contributed by atoms with Crippen molar-refractivity contribution in [3.05, 3.63) is 59.4 Å². The molecule has 0 saturated carbocycles. The van der Waals surface area contributed by atoms with Crippen molar-refractivity contribution in [2.45, 2.75) is 58.7 Å². The number of carbonyl (C=O) groups is 2. The maximum absolute atomic E-state index is 12.7. The number of hydrogen-bond acceptors (Lipinski definition) is 5. The molecular weight excluding hydrogens is 406 g/mol. The van der Waals surface area contributed by atoms with Crippen molar-refractivity contribution in [1.82, 2.24) is 15.3 Å². The van der Waals surface area contributed by atoms with Crippen molar-refractivity contribution in [2.75, 3.05) is 5.32 Å². The van der Waals surface area contributed by atoms with Gasteiger partial charge in [-0.25, -0.2) is 9.78 Å². The van der Waals surface area contributed by atoms with Crippen LogP contribution in [0.25, 0.3) is 10.9 Å². The van der Waals surface area contributed by atoms with E-state index in [0.29, 0.717) is 18.1 Å². The zero-order valence-corrected chi connectivity index (χ0v) is 19.2. The minimum atomic E-state index is -0.699. The zero-order valence-electron chi connectivity index (χ0n) is 19.2. The van der Waals surface area contributed by atoms with E-state index in [4.69, 9.17) is 10.5 Å². The number of ether oxygens (including phenoxy) is 1. The summed E-state index contributed by atoms with van der Waals surface area (Å²) in [7, 11) is 0. The van der Waals surface area contributed by atoms with E-state index in [9.17, 15) is 9.59 Å². The predicted octanol–water partition coefficient (Wildman–Crippen LogP) is 3.97. The maximum atomic E-state index is 12.7. The van der Waals surface area contributed by atoms with E-state index in [1.165, 1.54) is 0 Å². The third kappa shape index (κ3) is 5.64. The molecule has 2 atom stereocenters. The Balaban J connectivity index is 1.59. The number of aromatic amines is 1. The maximum Gasteiger partial charge on any atom is 0.413 e. The normalized spacial score (nSPS) is 13.4. The van der Waals surface area contributed by atoms with E-state index in [-0.39, 0.29) is 11.8 Å². The highest BCUT2D eigenvalue weighted by molar-refractivity contribution is 5.87. The molecule has 0 bridgehead atoms. The summed E-state index contributed by atoms with van der Waals surface area (Å²) in [6, 6.07) is 10.7. The lowest BCUT2D eigenvalue weighted by atomic mass is 9.93. The van der Waals surface area contributed by atoms with Gasteiger partial charge in [-0.15, -0.1) is 0 Å². The molecule has 1 aromatic carbocycles. The van der Waals surface area contributed by atoms with Crippen LogP contribution in [0.1, 0.15) is 50.4 Å². The first-order valence-corrected chi connectivity index (χ1v) is 10.6. The summed E-state index contributed by atoms with van der Waals surface area (Å²) < 4.78 is 5.23. The van der Waals surface area contributed by atoms with Gasteiger partial charge in [0.25, 0.3) is 0 Å². The van der Waals surface area contributed by atoms with Gasteiger partial charge in [-0.05, 0) is 51.0 Å². The lowest BCUT2D eigenvalue weighted by Crippen LogP contribution is -2.43. The summed E-state index contributed by atoms with van der Waals surface area (Å²) in [6.07, 6.45) is 1.34. The molecule has 0 aliphatic rings. The fourth-order valence-electron chi connectivity index (χ4n) is 3.45. The molecule has 8 heteroatoms. The molecule has 3 aromatic rings. The Hall–Kier alpha value is -3.39. The monoisotopic (exact) mass is 437 g/mol. The molecule has 0 unspecified atom stereocenters. The molecule has 0 radical (unpaired) electrons. The second kappa shape index (κ2) is 9.40. The summed E-state index contributed by atoms with van der Waals surface area (Å²) in [5.74, 6) is -0.0135. The molecule has 0 aliphatic heterocycles. The van der Waals surface area contributed by atoms with Crippen molar-refractivity contribution in [3.8, 4) is 0 Å². The van der Waals surface area contributed by atoms with Gasteiger partial charge < -0.3 is 20.8 Å². The number of para-hydroxylation sites is 1. The molecule has 2 heterocycles. The van der Waals surface area contributed by atoms with E-state index in [1.54, 1.807) is 26.8 Å². The topological polar surface area (TPSA) is 122 Å². The Kier molecular flexibility index (Phi) is 6.84. The highest BCUT2D eigenvalue weighted by Gasteiger charge is 2.24. The van der Waals surface area contributed by atoms with Crippen molar-refractivity contribution in [2.24, 2.45) is 5.73 Å². The summed E-state index contributed by atoms with van der Waals surface area (Å²) >= 11 is 0. The number of anilines is 1. The molecule has 0 saturated heterocycles. The van der Waals surface area contributed by atoms with Crippen LogP contribution in [0.5, 0.6) is 0 Å². The van der Waals surface area contributed by atoms with Gasteiger partial charge in [0.15, 0.2) is 0 Å². The van der Waals surface area contributed by atoms with Crippen LogP contribution < -0.4 is 16.4 Å². The lowest BCUT2D eigenvalue weighted by molar-refractivity contribution is -0.122. The molecule has 8 nitrogen and oxygen atoms in total.